The highest BCUT2D eigenvalue weighted by Gasteiger charge is 2.27. The molecule has 0 amide bonds. The first kappa shape index (κ1) is 21.1. The number of aryl methyl sites for hydroxylation is 1. The van der Waals surface area contributed by atoms with Gasteiger partial charge in [-0.25, -0.2) is 4.98 Å². The van der Waals surface area contributed by atoms with Gasteiger partial charge in [0.25, 0.3) is 0 Å². The molecule has 5 rings (SSSR count). The van der Waals surface area contributed by atoms with Gasteiger partial charge in [-0.05, 0) is 55.3 Å². The highest BCUT2D eigenvalue weighted by molar-refractivity contribution is 5.78. The van der Waals surface area contributed by atoms with Crippen molar-refractivity contribution in [2.24, 2.45) is 0 Å². The molecule has 0 radical (unpaired) electrons. The summed E-state index contributed by atoms with van der Waals surface area (Å²) in [6, 6.07) is 20.5. The number of nitrogens with zero attached hydrogens (tertiary/aromatic N) is 2. The minimum Gasteiger partial charge on any atom is -0.489 e. The lowest BCUT2D eigenvalue weighted by molar-refractivity contribution is -0.149. The Hall–Kier alpha value is -3.80. The van der Waals surface area contributed by atoms with Crippen molar-refractivity contribution in [1.82, 2.24) is 9.55 Å². The number of carbonyl (C=O) groups excluding carboxylic acids is 1. The Morgan fingerprint density at radius 2 is 2.00 bits per heavy atom. The maximum Gasteiger partial charge on any atom is 0.306 e. The van der Waals surface area contributed by atoms with E-state index in [2.05, 4.69) is 41.1 Å². The number of fused-ring (bicyclic) bond motifs is 2. The molecule has 3 aromatic carbocycles. The lowest BCUT2D eigenvalue weighted by Gasteiger charge is -2.16. The standard InChI is InChI=1S/C27H27N3O3/c1-4-27(31)33-26-16-32-25-14-20(12-13-21(25)26)28-15-19-8-7-11-23(17(19)2)30-18(3)29-22-9-5-6-10-24(22)30/h5-14,26,28H,4,15-16H2,1-3H3/t26-/m1/s1. The van der Waals surface area contributed by atoms with Crippen LogP contribution in [0.15, 0.2) is 60.7 Å². The predicted molar refractivity (Wildman–Crippen MR) is 129 cm³/mol. The highest BCUT2D eigenvalue weighted by atomic mass is 16.6. The Morgan fingerprint density at radius 1 is 1.15 bits per heavy atom. The van der Waals surface area contributed by atoms with Crippen LogP contribution in [0.25, 0.3) is 16.7 Å². The smallest absolute Gasteiger partial charge is 0.306 e. The van der Waals surface area contributed by atoms with Crippen LogP contribution >= 0.6 is 0 Å². The molecular formula is C27H27N3O3. The van der Waals surface area contributed by atoms with Gasteiger partial charge in [-0.15, -0.1) is 0 Å². The first-order valence-electron chi connectivity index (χ1n) is 11.3. The summed E-state index contributed by atoms with van der Waals surface area (Å²) in [4.78, 5) is 16.4. The van der Waals surface area contributed by atoms with E-state index in [0.29, 0.717) is 19.6 Å². The summed E-state index contributed by atoms with van der Waals surface area (Å²) in [6.45, 7) is 7.03. The van der Waals surface area contributed by atoms with Gasteiger partial charge in [0.15, 0.2) is 6.10 Å². The number of imidazole rings is 1. The van der Waals surface area contributed by atoms with Crippen LogP contribution in [0.4, 0.5) is 5.69 Å². The van der Waals surface area contributed by atoms with Crippen LogP contribution in [0.2, 0.25) is 0 Å². The van der Waals surface area contributed by atoms with Gasteiger partial charge in [0.2, 0.25) is 0 Å². The SMILES string of the molecule is CCC(=O)O[C@@H]1COc2cc(NCc3cccc(-n4c(C)nc5ccccc54)c3C)ccc21. The van der Waals surface area contributed by atoms with Crippen molar-refractivity contribution in [3.05, 3.63) is 83.2 Å². The summed E-state index contributed by atoms with van der Waals surface area (Å²) in [6.07, 6.45) is 0.0341. The number of ether oxygens (including phenoxy) is 2. The van der Waals surface area contributed by atoms with Gasteiger partial charge in [0.05, 0.1) is 16.7 Å². The molecule has 0 unspecified atom stereocenters. The normalized spacial score (nSPS) is 14.7. The molecule has 1 aromatic heterocycles. The second-order valence-electron chi connectivity index (χ2n) is 8.29. The molecule has 2 heterocycles. The van der Waals surface area contributed by atoms with Crippen molar-refractivity contribution in [3.63, 3.8) is 0 Å². The summed E-state index contributed by atoms with van der Waals surface area (Å²) in [5.74, 6) is 1.52. The molecule has 0 saturated carbocycles. The maximum atomic E-state index is 11.6. The van der Waals surface area contributed by atoms with E-state index >= 15 is 0 Å². The summed E-state index contributed by atoms with van der Waals surface area (Å²) >= 11 is 0. The van der Waals surface area contributed by atoms with Gasteiger partial charge < -0.3 is 14.8 Å². The number of hydrogen-bond acceptors (Lipinski definition) is 5. The number of nitrogens with one attached hydrogen (secondary N) is 1. The third kappa shape index (κ3) is 3.93. The number of esters is 1. The molecule has 0 bridgehead atoms. The molecule has 0 spiro atoms. The van der Waals surface area contributed by atoms with Crippen LogP contribution in [-0.2, 0) is 16.1 Å². The molecule has 6 nitrogen and oxygen atoms in total. The summed E-state index contributed by atoms with van der Waals surface area (Å²) < 4.78 is 13.5. The van der Waals surface area contributed by atoms with E-state index in [1.54, 1.807) is 6.92 Å². The quantitative estimate of drug-likeness (QED) is 0.392. The third-order valence-corrected chi connectivity index (χ3v) is 6.18. The topological polar surface area (TPSA) is 65.4 Å². The third-order valence-electron chi connectivity index (χ3n) is 6.18. The maximum absolute atomic E-state index is 11.6. The summed E-state index contributed by atoms with van der Waals surface area (Å²) in [5.41, 5.74) is 7.55. The molecule has 0 aliphatic carbocycles. The molecule has 1 aliphatic heterocycles. The zero-order valence-electron chi connectivity index (χ0n) is 19.1. The minimum absolute atomic E-state index is 0.213. The molecule has 0 fully saturated rings. The Labute approximate surface area is 193 Å². The molecular weight excluding hydrogens is 414 g/mol. The Bertz CT molecular complexity index is 1340. The van der Waals surface area contributed by atoms with E-state index in [-0.39, 0.29) is 12.1 Å². The molecule has 1 N–H and O–H groups in total. The van der Waals surface area contributed by atoms with Crippen molar-refractivity contribution in [2.75, 3.05) is 11.9 Å². The molecule has 6 heteroatoms. The first-order chi connectivity index (χ1) is 16.0. The molecule has 1 aliphatic rings. The van der Waals surface area contributed by atoms with Gasteiger partial charge in [0, 0.05) is 30.3 Å². The Balaban J connectivity index is 1.36. The molecule has 0 saturated heterocycles. The van der Waals surface area contributed by atoms with E-state index in [4.69, 9.17) is 14.5 Å². The predicted octanol–water partition coefficient (Wildman–Crippen LogP) is 5.64. The lowest BCUT2D eigenvalue weighted by Crippen LogP contribution is -2.11. The molecule has 33 heavy (non-hydrogen) atoms. The van der Waals surface area contributed by atoms with Gasteiger partial charge in [-0.2, -0.15) is 0 Å². The number of hydrogen-bond donors (Lipinski definition) is 1. The van der Waals surface area contributed by atoms with Crippen LogP contribution in [0.1, 0.15) is 42.0 Å². The number of carbonyl (C=O) groups is 1. The fourth-order valence-corrected chi connectivity index (χ4v) is 4.38. The Kier molecular flexibility index (Phi) is 5.50. The Morgan fingerprint density at radius 3 is 2.85 bits per heavy atom. The van der Waals surface area contributed by atoms with Crippen LogP contribution in [0.3, 0.4) is 0 Å². The van der Waals surface area contributed by atoms with Crippen molar-refractivity contribution >= 4 is 22.7 Å². The van der Waals surface area contributed by atoms with Gasteiger partial charge >= 0.3 is 5.97 Å². The fourth-order valence-electron chi connectivity index (χ4n) is 4.38. The second-order valence-corrected chi connectivity index (χ2v) is 8.29. The van der Waals surface area contributed by atoms with Crippen molar-refractivity contribution in [3.8, 4) is 11.4 Å². The monoisotopic (exact) mass is 441 g/mol. The van der Waals surface area contributed by atoms with Crippen molar-refractivity contribution < 1.29 is 14.3 Å². The summed E-state index contributed by atoms with van der Waals surface area (Å²) in [7, 11) is 0. The van der Waals surface area contributed by atoms with Crippen molar-refractivity contribution in [2.45, 2.75) is 39.8 Å². The van der Waals surface area contributed by atoms with Crippen LogP contribution < -0.4 is 10.1 Å². The average Bonchev–Trinajstić information content (AvgIpc) is 3.38. The number of rotatable bonds is 6. The van der Waals surface area contributed by atoms with Crippen molar-refractivity contribution in [1.29, 1.82) is 0 Å². The fraction of sp³-hybridized carbons (Fsp3) is 0.259. The van der Waals surface area contributed by atoms with Crippen LogP contribution in [-0.4, -0.2) is 22.1 Å². The largest absolute Gasteiger partial charge is 0.489 e. The molecule has 1 atom stereocenters. The van der Waals surface area contributed by atoms with E-state index < -0.39 is 0 Å². The van der Waals surface area contributed by atoms with Gasteiger partial charge in [0.1, 0.15) is 18.2 Å². The first-order valence-corrected chi connectivity index (χ1v) is 11.3. The number of anilines is 1. The number of para-hydroxylation sites is 2. The van der Waals surface area contributed by atoms with Crippen LogP contribution in [0, 0.1) is 13.8 Å². The zero-order chi connectivity index (χ0) is 22.9. The highest BCUT2D eigenvalue weighted by Crippen LogP contribution is 2.37. The summed E-state index contributed by atoms with van der Waals surface area (Å²) in [5, 5.41) is 3.51. The van der Waals surface area contributed by atoms with E-state index in [9.17, 15) is 4.79 Å². The number of aromatic nitrogens is 2. The lowest BCUT2D eigenvalue weighted by atomic mass is 10.1. The van der Waals surface area contributed by atoms with Gasteiger partial charge in [-0.3, -0.25) is 9.36 Å². The minimum atomic E-state index is -0.325. The molecule has 4 aromatic rings. The van der Waals surface area contributed by atoms with E-state index in [1.165, 1.54) is 11.1 Å². The van der Waals surface area contributed by atoms with Gasteiger partial charge in [-0.1, -0.05) is 31.2 Å². The zero-order valence-corrected chi connectivity index (χ0v) is 19.1. The second kappa shape index (κ2) is 8.62. The van der Waals surface area contributed by atoms with E-state index in [0.717, 1.165) is 39.5 Å². The van der Waals surface area contributed by atoms with Crippen LogP contribution in [0.5, 0.6) is 5.75 Å². The molecule has 168 valence electrons. The van der Waals surface area contributed by atoms with E-state index in [1.807, 2.05) is 43.3 Å². The number of benzene rings is 3. The average molecular weight is 442 g/mol.